The number of aromatic nitrogens is 1. The van der Waals surface area contributed by atoms with Gasteiger partial charge in [0.05, 0.1) is 24.6 Å². The van der Waals surface area contributed by atoms with Crippen molar-refractivity contribution in [2.75, 3.05) is 11.9 Å². The number of amides is 1. The molecule has 26 heavy (non-hydrogen) atoms. The maximum absolute atomic E-state index is 12.4. The molecule has 1 unspecified atom stereocenters. The number of rotatable bonds is 7. The monoisotopic (exact) mass is 383 g/mol. The molecule has 1 aliphatic heterocycles. The van der Waals surface area contributed by atoms with Gasteiger partial charge in [-0.3, -0.25) is 9.59 Å². The number of aryl methyl sites for hydroxylation is 1. The third-order valence-corrected chi connectivity index (χ3v) is 4.20. The van der Waals surface area contributed by atoms with Gasteiger partial charge in [0.1, 0.15) is 5.82 Å². The molecule has 146 valence electrons. The van der Waals surface area contributed by atoms with Crippen LogP contribution in [0.1, 0.15) is 51.8 Å². The van der Waals surface area contributed by atoms with Crippen molar-refractivity contribution in [3.05, 3.63) is 23.4 Å². The Morgan fingerprint density at radius 3 is 2.65 bits per heavy atom. The minimum Gasteiger partial charge on any atom is -0.463 e. The highest BCUT2D eigenvalue weighted by molar-refractivity contribution is 5.85. The van der Waals surface area contributed by atoms with Gasteiger partial charge in [-0.2, -0.15) is 0 Å². The standard InChI is InChI=1S/C19H29N3O3.ClH/c1-12(2)16(11-18(24)25-13(3)4)22-17(23)10-15-8-7-14-6-5-9-20-19(14)21-15;/h7-8,12-13,16H,5-6,9-11H2,1-4H3,(H,20,21)(H,22,23);1H. The molecule has 0 saturated heterocycles. The van der Waals surface area contributed by atoms with E-state index in [-0.39, 0.29) is 55.2 Å². The van der Waals surface area contributed by atoms with Gasteiger partial charge in [0.2, 0.25) is 5.91 Å². The van der Waals surface area contributed by atoms with Crippen molar-refractivity contribution in [1.82, 2.24) is 10.3 Å². The molecule has 0 saturated carbocycles. The quantitative estimate of drug-likeness (QED) is 0.707. The molecule has 0 bridgehead atoms. The van der Waals surface area contributed by atoms with E-state index in [9.17, 15) is 9.59 Å². The molecule has 1 aliphatic rings. The second-order valence-electron chi connectivity index (χ2n) is 7.18. The van der Waals surface area contributed by atoms with Crippen LogP contribution in [-0.2, 0) is 27.2 Å². The lowest BCUT2D eigenvalue weighted by Crippen LogP contribution is -2.41. The highest BCUT2D eigenvalue weighted by Gasteiger charge is 2.22. The summed E-state index contributed by atoms with van der Waals surface area (Å²) in [4.78, 5) is 28.8. The van der Waals surface area contributed by atoms with Crippen LogP contribution < -0.4 is 10.6 Å². The van der Waals surface area contributed by atoms with E-state index in [4.69, 9.17) is 4.74 Å². The molecule has 0 aromatic carbocycles. The van der Waals surface area contributed by atoms with Crippen LogP contribution in [0.2, 0.25) is 0 Å². The smallest absolute Gasteiger partial charge is 0.308 e. The summed E-state index contributed by atoms with van der Waals surface area (Å²) >= 11 is 0. The summed E-state index contributed by atoms with van der Waals surface area (Å²) in [6.07, 6.45) is 2.37. The van der Waals surface area contributed by atoms with Crippen molar-refractivity contribution >= 4 is 30.1 Å². The Balaban J connectivity index is 0.00000338. The number of esters is 1. The molecule has 0 fully saturated rings. The molecule has 2 heterocycles. The molecular formula is C19H30ClN3O3. The first-order valence-corrected chi connectivity index (χ1v) is 9.06. The Hall–Kier alpha value is -1.82. The maximum atomic E-state index is 12.4. The number of halogens is 1. The number of carbonyl (C=O) groups excluding carboxylic acids is 2. The minimum atomic E-state index is -0.287. The van der Waals surface area contributed by atoms with E-state index in [0.717, 1.165) is 30.9 Å². The summed E-state index contributed by atoms with van der Waals surface area (Å²) in [5.74, 6) is 0.615. The zero-order valence-electron chi connectivity index (χ0n) is 16.0. The van der Waals surface area contributed by atoms with Crippen LogP contribution in [0.3, 0.4) is 0 Å². The highest BCUT2D eigenvalue weighted by atomic mass is 35.5. The minimum absolute atomic E-state index is 0. The average Bonchev–Trinajstić information content (AvgIpc) is 2.53. The Morgan fingerprint density at radius 1 is 1.27 bits per heavy atom. The first-order valence-electron chi connectivity index (χ1n) is 9.06. The maximum Gasteiger partial charge on any atom is 0.308 e. The fourth-order valence-corrected chi connectivity index (χ4v) is 2.83. The lowest BCUT2D eigenvalue weighted by atomic mass is 10.0. The molecule has 0 aliphatic carbocycles. The fraction of sp³-hybridized carbons (Fsp3) is 0.632. The van der Waals surface area contributed by atoms with Crippen molar-refractivity contribution in [2.45, 2.75) is 65.5 Å². The Kier molecular flexibility index (Phi) is 8.85. The summed E-state index contributed by atoms with van der Waals surface area (Å²) in [6.45, 7) is 8.51. The third kappa shape index (κ3) is 6.83. The summed E-state index contributed by atoms with van der Waals surface area (Å²) < 4.78 is 5.18. The molecule has 2 N–H and O–H groups in total. The van der Waals surface area contributed by atoms with E-state index in [0.29, 0.717) is 0 Å². The number of pyridine rings is 1. The summed E-state index contributed by atoms with van der Waals surface area (Å²) in [5.41, 5.74) is 1.94. The van der Waals surface area contributed by atoms with Crippen LogP contribution in [0, 0.1) is 5.92 Å². The zero-order chi connectivity index (χ0) is 18.4. The normalized spacial score (nSPS) is 14.1. The SMILES string of the molecule is CC(C)OC(=O)CC(NC(=O)Cc1ccc2c(n1)NCCC2)C(C)C.Cl. The largest absolute Gasteiger partial charge is 0.463 e. The van der Waals surface area contributed by atoms with Gasteiger partial charge in [-0.1, -0.05) is 19.9 Å². The number of nitrogens with zero attached hydrogens (tertiary/aromatic N) is 1. The highest BCUT2D eigenvalue weighted by Crippen LogP contribution is 2.20. The van der Waals surface area contributed by atoms with Gasteiger partial charge in [-0.05, 0) is 44.2 Å². The van der Waals surface area contributed by atoms with E-state index < -0.39 is 0 Å². The molecule has 0 spiro atoms. The number of hydrogen-bond acceptors (Lipinski definition) is 5. The number of ether oxygens (including phenoxy) is 1. The van der Waals surface area contributed by atoms with Gasteiger partial charge in [-0.15, -0.1) is 12.4 Å². The van der Waals surface area contributed by atoms with E-state index in [1.807, 2.05) is 39.8 Å². The molecule has 1 aromatic rings. The van der Waals surface area contributed by atoms with Gasteiger partial charge >= 0.3 is 5.97 Å². The van der Waals surface area contributed by atoms with Crippen LogP contribution >= 0.6 is 12.4 Å². The topological polar surface area (TPSA) is 80.3 Å². The Morgan fingerprint density at radius 2 is 2.00 bits per heavy atom. The van der Waals surface area contributed by atoms with E-state index in [2.05, 4.69) is 15.6 Å². The van der Waals surface area contributed by atoms with Gasteiger partial charge in [0, 0.05) is 12.6 Å². The van der Waals surface area contributed by atoms with Gasteiger partial charge < -0.3 is 15.4 Å². The number of carbonyl (C=O) groups is 2. The second kappa shape index (κ2) is 10.4. The molecule has 1 amide bonds. The predicted molar refractivity (Wildman–Crippen MR) is 105 cm³/mol. The first-order chi connectivity index (χ1) is 11.8. The van der Waals surface area contributed by atoms with Gasteiger partial charge in [-0.25, -0.2) is 4.98 Å². The lowest BCUT2D eigenvalue weighted by Gasteiger charge is -2.22. The molecule has 2 rings (SSSR count). The zero-order valence-corrected chi connectivity index (χ0v) is 16.8. The van der Waals surface area contributed by atoms with E-state index in [1.54, 1.807) is 0 Å². The van der Waals surface area contributed by atoms with Crippen LogP contribution in [0.5, 0.6) is 0 Å². The first kappa shape index (κ1) is 22.2. The Bertz CT molecular complexity index is 620. The van der Waals surface area contributed by atoms with Crippen LogP contribution in [0.4, 0.5) is 5.82 Å². The number of anilines is 1. The number of nitrogens with one attached hydrogen (secondary N) is 2. The molecular weight excluding hydrogens is 354 g/mol. The average molecular weight is 384 g/mol. The van der Waals surface area contributed by atoms with Crippen molar-refractivity contribution < 1.29 is 14.3 Å². The van der Waals surface area contributed by atoms with E-state index in [1.165, 1.54) is 5.56 Å². The van der Waals surface area contributed by atoms with Crippen molar-refractivity contribution in [1.29, 1.82) is 0 Å². The summed E-state index contributed by atoms with van der Waals surface area (Å²) in [7, 11) is 0. The molecule has 0 radical (unpaired) electrons. The van der Waals surface area contributed by atoms with E-state index >= 15 is 0 Å². The van der Waals surface area contributed by atoms with Gasteiger partial charge in [0.15, 0.2) is 0 Å². The second-order valence-corrected chi connectivity index (χ2v) is 7.18. The summed E-state index contributed by atoms with van der Waals surface area (Å²) in [5, 5.41) is 6.22. The molecule has 1 atom stereocenters. The van der Waals surface area contributed by atoms with Crippen molar-refractivity contribution in [3.63, 3.8) is 0 Å². The van der Waals surface area contributed by atoms with Gasteiger partial charge in [0.25, 0.3) is 0 Å². The fourth-order valence-electron chi connectivity index (χ4n) is 2.83. The number of hydrogen-bond donors (Lipinski definition) is 2. The van der Waals surface area contributed by atoms with Crippen molar-refractivity contribution in [3.8, 4) is 0 Å². The predicted octanol–water partition coefficient (Wildman–Crippen LogP) is 2.89. The van der Waals surface area contributed by atoms with Crippen LogP contribution in [0.25, 0.3) is 0 Å². The summed E-state index contributed by atoms with van der Waals surface area (Å²) in [6, 6.07) is 3.70. The third-order valence-electron chi connectivity index (χ3n) is 4.20. The molecule has 6 nitrogen and oxygen atoms in total. The molecule has 7 heteroatoms. The number of fused-ring (bicyclic) bond motifs is 1. The van der Waals surface area contributed by atoms with Crippen LogP contribution in [-0.4, -0.2) is 35.6 Å². The molecule has 1 aromatic heterocycles. The Labute approximate surface area is 161 Å². The van der Waals surface area contributed by atoms with Crippen LogP contribution in [0.15, 0.2) is 12.1 Å². The lowest BCUT2D eigenvalue weighted by molar-refractivity contribution is -0.148. The van der Waals surface area contributed by atoms with Crippen molar-refractivity contribution in [2.24, 2.45) is 5.92 Å².